The summed E-state index contributed by atoms with van der Waals surface area (Å²) < 4.78 is 19.0. The Kier molecular flexibility index (Phi) is 11.2. The van der Waals surface area contributed by atoms with E-state index in [1.807, 2.05) is 31.2 Å². The number of hydrogen-bond acceptors (Lipinski definition) is 4. The SMILES string of the molecule is C=CCC(CCCCC(Oc1cc(OC)ccc1N)C(=C)C)O[Si](c1ccccc1)(c1ccccc1)C(C)(C)C. The van der Waals surface area contributed by atoms with Crippen molar-refractivity contribution in [2.24, 2.45) is 0 Å². The van der Waals surface area contributed by atoms with Crippen LogP contribution >= 0.6 is 0 Å². The number of hydrogen-bond donors (Lipinski definition) is 1. The Hall–Kier alpha value is -3.28. The Bertz CT molecular complexity index is 1180. The fourth-order valence-electron chi connectivity index (χ4n) is 5.36. The Labute approximate surface area is 243 Å². The molecular formula is C35H47NO3Si. The highest BCUT2D eigenvalue weighted by Crippen LogP contribution is 2.38. The second-order valence-corrected chi connectivity index (χ2v) is 15.8. The number of anilines is 1. The summed E-state index contributed by atoms with van der Waals surface area (Å²) in [5, 5.41) is 2.54. The average molecular weight is 558 g/mol. The number of nitrogens with two attached hydrogens (primary N) is 1. The number of unbranched alkanes of at least 4 members (excludes halogenated alkanes) is 1. The van der Waals surface area contributed by atoms with Gasteiger partial charge in [0.15, 0.2) is 0 Å². The highest BCUT2D eigenvalue weighted by atomic mass is 28.4. The lowest BCUT2D eigenvalue weighted by Crippen LogP contribution is -2.67. The van der Waals surface area contributed by atoms with Crippen molar-refractivity contribution < 1.29 is 13.9 Å². The molecule has 0 radical (unpaired) electrons. The molecule has 0 aromatic heterocycles. The fourth-order valence-corrected chi connectivity index (χ4v) is 10.1. The van der Waals surface area contributed by atoms with Gasteiger partial charge in [0.2, 0.25) is 0 Å². The van der Waals surface area contributed by atoms with Crippen LogP contribution in [0.3, 0.4) is 0 Å². The van der Waals surface area contributed by atoms with Crippen LogP contribution in [0.25, 0.3) is 0 Å². The molecule has 214 valence electrons. The second kappa shape index (κ2) is 14.4. The van der Waals surface area contributed by atoms with Gasteiger partial charge in [-0.25, -0.2) is 0 Å². The molecule has 2 N–H and O–H groups in total. The van der Waals surface area contributed by atoms with E-state index in [1.54, 1.807) is 7.11 Å². The molecule has 3 aromatic rings. The zero-order valence-electron chi connectivity index (χ0n) is 25.0. The summed E-state index contributed by atoms with van der Waals surface area (Å²) >= 11 is 0. The van der Waals surface area contributed by atoms with Gasteiger partial charge < -0.3 is 19.6 Å². The van der Waals surface area contributed by atoms with E-state index in [2.05, 4.69) is 94.6 Å². The Morgan fingerprint density at radius 3 is 2.00 bits per heavy atom. The second-order valence-electron chi connectivity index (χ2n) is 11.6. The van der Waals surface area contributed by atoms with Gasteiger partial charge in [-0.3, -0.25) is 0 Å². The van der Waals surface area contributed by atoms with E-state index < -0.39 is 8.32 Å². The number of ether oxygens (including phenoxy) is 2. The minimum Gasteiger partial charge on any atom is -0.497 e. The lowest BCUT2D eigenvalue weighted by molar-refractivity contribution is 0.171. The number of rotatable bonds is 15. The van der Waals surface area contributed by atoms with Crippen molar-refractivity contribution in [3.8, 4) is 11.5 Å². The van der Waals surface area contributed by atoms with E-state index in [0.717, 1.165) is 43.4 Å². The summed E-state index contributed by atoms with van der Waals surface area (Å²) in [6.07, 6.45) is 6.55. The highest BCUT2D eigenvalue weighted by Gasteiger charge is 2.51. The standard InChI is InChI=1S/C35H47NO3Si/c1-8-17-28(18-15-16-23-33(27(2)3)38-34-26-29(37-7)24-25-32(34)36)39-40(35(4,5)6,30-19-11-9-12-20-30)31-21-13-10-14-22-31/h8-14,19-22,24-26,28,33H,1-2,15-18,23,36H2,3-7H3. The summed E-state index contributed by atoms with van der Waals surface area (Å²) in [6.45, 7) is 17.2. The van der Waals surface area contributed by atoms with Crippen molar-refractivity contribution in [2.45, 2.75) is 77.0 Å². The van der Waals surface area contributed by atoms with Gasteiger partial charge in [0.1, 0.15) is 17.6 Å². The molecule has 3 aromatic carbocycles. The Balaban J connectivity index is 1.77. The van der Waals surface area contributed by atoms with Crippen LogP contribution in [0, 0.1) is 0 Å². The minimum absolute atomic E-state index is 0.0648. The zero-order valence-corrected chi connectivity index (χ0v) is 26.0. The van der Waals surface area contributed by atoms with Crippen LogP contribution in [0.4, 0.5) is 5.69 Å². The first-order valence-corrected chi connectivity index (χ1v) is 16.2. The molecule has 3 rings (SSSR count). The molecule has 0 heterocycles. The topological polar surface area (TPSA) is 53.7 Å². The largest absolute Gasteiger partial charge is 0.497 e. The zero-order chi connectivity index (χ0) is 29.2. The van der Waals surface area contributed by atoms with Gasteiger partial charge >= 0.3 is 0 Å². The smallest absolute Gasteiger partial charge is 0.261 e. The van der Waals surface area contributed by atoms with E-state index in [4.69, 9.17) is 19.6 Å². The van der Waals surface area contributed by atoms with Gasteiger partial charge in [0, 0.05) is 12.2 Å². The number of nitrogen functional groups attached to an aromatic ring is 1. The van der Waals surface area contributed by atoms with E-state index in [9.17, 15) is 0 Å². The maximum absolute atomic E-state index is 7.40. The quantitative estimate of drug-likeness (QED) is 0.0901. The molecule has 0 amide bonds. The maximum Gasteiger partial charge on any atom is 0.261 e. The first kappa shape index (κ1) is 31.2. The predicted molar refractivity (Wildman–Crippen MR) is 172 cm³/mol. The molecule has 2 atom stereocenters. The average Bonchev–Trinajstić information content (AvgIpc) is 2.94. The minimum atomic E-state index is -2.63. The van der Waals surface area contributed by atoms with Crippen LogP contribution < -0.4 is 25.6 Å². The van der Waals surface area contributed by atoms with Crippen molar-refractivity contribution in [1.82, 2.24) is 0 Å². The normalized spacial score (nSPS) is 13.3. The summed E-state index contributed by atoms with van der Waals surface area (Å²) in [5.74, 6) is 1.35. The lowest BCUT2D eigenvalue weighted by atomic mass is 10.0. The molecule has 5 heteroatoms. The highest BCUT2D eigenvalue weighted by molar-refractivity contribution is 6.99. The summed E-state index contributed by atoms with van der Waals surface area (Å²) in [5.41, 5.74) is 7.75. The molecule has 40 heavy (non-hydrogen) atoms. The van der Waals surface area contributed by atoms with E-state index in [-0.39, 0.29) is 17.2 Å². The van der Waals surface area contributed by atoms with E-state index >= 15 is 0 Å². The number of methoxy groups -OCH3 is 1. The Morgan fingerprint density at radius 2 is 1.50 bits per heavy atom. The molecule has 2 unspecified atom stereocenters. The first-order chi connectivity index (χ1) is 19.1. The van der Waals surface area contributed by atoms with E-state index in [0.29, 0.717) is 11.4 Å². The van der Waals surface area contributed by atoms with Crippen molar-refractivity contribution >= 4 is 24.4 Å². The maximum atomic E-state index is 7.40. The fraction of sp³-hybridized carbons (Fsp3) is 0.371. The predicted octanol–water partition coefficient (Wildman–Crippen LogP) is 7.68. The summed E-state index contributed by atoms with van der Waals surface area (Å²) in [7, 11) is -0.989. The molecule has 0 aliphatic rings. The summed E-state index contributed by atoms with van der Waals surface area (Å²) in [4.78, 5) is 0. The monoisotopic (exact) mass is 557 g/mol. The third-order valence-electron chi connectivity index (χ3n) is 7.47. The lowest BCUT2D eigenvalue weighted by Gasteiger charge is -2.45. The van der Waals surface area contributed by atoms with Gasteiger partial charge in [-0.15, -0.1) is 6.58 Å². The van der Waals surface area contributed by atoms with Crippen LogP contribution in [0.15, 0.2) is 104 Å². The first-order valence-electron chi connectivity index (χ1n) is 14.3. The van der Waals surface area contributed by atoms with Gasteiger partial charge in [-0.2, -0.15) is 0 Å². The molecule has 0 bridgehead atoms. The van der Waals surface area contributed by atoms with Crippen LogP contribution in [0.2, 0.25) is 5.04 Å². The molecule has 0 spiro atoms. The Morgan fingerprint density at radius 1 is 0.925 bits per heavy atom. The number of benzene rings is 3. The van der Waals surface area contributed by atoms with Crippen LogP contribution in [0.5, 0.6) is 11.5 Å². The summed E-state index contributed by atoms with van der Waals surface area (Å²) in [6, 6.07) is 27.1. The van der Waals surface area contributed by atoms with Crippen molar-refractivity contribution in [3.63, 3.8) is 0 Å². The van der Waals surface area contributed by atoms with Crippen molar-refractivity contribution in [3.05, 3.63) is 104 Å². The molecule has 0 fully saturated rings. The van der Waals surface area contributed by atoms with Crippen LogP contribution in [0.1, 0.15) is 59.8 Å². The van der Waals surface area contributed by atoms with Gasteiger partial charge in [-0.1, -0.05) is 101 Å². The molecule has 4 nitrogen and oxygen atoms in total. The van der Waals surface area contributed by atoms with Crippen LogP contribution in [-0.4, -0.2) is 27.6 Å². The molecule has 0 saturated carbocycles. The third-order valence-corrected chi connectivity index (χ3v) is 12.6. The van der Waals surface area contributed by atoms with Gasteiger partial charge in [-0.05, 0) is 65.7 Å². The molecular weight excluding hydrogens is 510 g/mol. The molecule has 0 aliphatic heterocycles. The van der Waals surface area contributed by atoms with Crippen molar-refractivity contribution in [2.75, 3.05) is 12.8 Å². The van der Waals surface area contributed by atoms with E-state index in [1.165, 1.54) is 10.4 Å². The van der Waals surface area contributed by atoms with Gasteiger partial charge in [0.25, 0.3) is 8.32 Å². The molecule has 0 saturated heterocycles. The molecule has 0 aliphatic carbocycles. The van der Waals surface area contributed by atoms with Crippen LogP contribution in [-0.2, 0) is 4.43 Å². The third kappa shape index (κ3) is 7.67. The van der Waals surface area contributed by atoms with Gasteiger partial charge in [0.05, 0.1) is 12.8 Å². The van der Waals surface area contributed by atoms with Crippen molar-refractivity contribution in [1.29, 1.82) is 0 Å².